The SMILES string of the molecule is CCNC(=NCC(C)(C)OC)NCC(CC)Oc1ccccc1. The zero-order valence-corrected chi connectivity index (χ0v) is 15.1. The summed E-state index contributed by atoms with van der Waals surface area (Å²) in [5.41, 5.74) is -0.271. The fourth-order valence-electron chi connectivity index (χ4n) is 1.85. The van der Waals surface area contributed by atoms with Gasteiger partial charge in [-0.25, -0.2) is 0 Å². The van der Waals surface area contributed by atoms with Crippen LogP contribution in [0.25, 0.3) is 0 Å². The summed E-state index contributed by atoms with van der Waals surface area (Å²) in [5.74, 6) is 1.68. The van der Waals surface area contributed by atoms with E-state index in [1.807, 2.05) is 44.2 Å². The molecule has 0 aliphatic heterocycles. The lowest BCUT2D eigenvalue weighted by Gasteiger charge is -2.22. The summed E-state index contributed by atoms with van der Waals surface area (Å²) in [5, 5.41) is 6.60. The number of nitrogens with zero attached hydrogens (tertiary/aromatic N) is 1. The van der Waals surface area contributed by atoms with Crippen LogP contribution in [0, 0.1) is 0 Å². The van der Waals surface area contributed by atoms with Crippen LogP contribution in [0.3, 0.4) is 0 Å². The minimum absolute atomic E-state index is 0.0942. The molecule has 1 rings (SSSR count). The number of methoxy groups -OCH3 is 1. The van der Waals surface area contributed by atoms with Gasteiger partial charge in [0.2, 0.25) is 0 Å². The minimum Gasteiger partial charge on any atom is -0.489 e. The predicted molar refractivity (Wildman–Crippen MR) is 96.2 cm³/mol. The second-order valence-corrected chi connectivity index (χ2v) is 6.00. The molecule has 0 aliphatic carbocycles. The Balaban J connectivity index is 2.56. The van der Waals surface area contributed by atoms with Crippen LogP contribution >= 0.6 is 0 Å². The summed E-state index contributed by atoms with van der Waals surface area (Å²) in [6, 6.07) is 9.90. The van der Waals surface area contributed by atoms with Crippen LogP contribution in [0.2, 0.25) is 0 Å². The fraction of sp³-hybridized carbons (Fsp3) is 0.611. The second kappa shape index (κ2) is 10.1. The molecule has 1 atom stereocenters. The van der Waals surface area contributed by atoms with Gasteiger partial charge in [-0.15, -0.1) is 0 Å². The van der Waals surface area contributed by atoms with E-state index in [1.54, 1.807) is 7.11 Å². The zero-order valence-electron chi connectivity index (χ0n) is 15.1. The highest BCUT2D eigenvalue weighted by molar-refractivity contribution is 5.79. The van der Waals surface area contributed by atoms with Crippen LogP contribution in [0.15, 0.2) is 35.3 Å². The molecule has 0 saturated carbocycles. The molecule has 5 nitrogen and oxygen atoms in total. The monoisotopic (exact) mass is 321 g/mol. The van der Waals surface area contributed by atoms with Gasteiger partial charge in [-0.2, -0.15) is 0 Å². The molecule has 1 aromatic rings. The number of para-hydroxylation sites is 1. The molecular weight excluding hydrogens is 290 g/mol. The van der Waals surface area contributed by atoms with E-state index in [-0.39, 0.29) is 11.7 Å². The van der Waals surface area contributed by atoms with Gasteiger partial charge in [-0.3, -0.25) is 4.99 Å². The summed E-state index contributed by atoms with van der Waals surface area (Å²) in [6.07, 6.45) is 1.02. The third kappa shape index (κ3) is 7.88. The average molecular weight is 321 g/mol. The first-order valence-electron chi connectivity index (χ1n) is 8.29. The quantitative estimate of drug-likeness (QED) is 0.542. The Labute approximate surface area is 140 Å². The number of hydrogen-bond donors (Lipinski definition) is 2. The van der Waals surface area contributed by atoms with Gasteiger partial charge in [0.15, 0.2) is 5.96 Å². The van der Waals surface area contributed by atoms with Crippen molar-refractivity contribution in [1.29, 1.82) is 0 Å². The van der Waals surface area contributed by atoms with E-state index >= 15 is 0 Å². The van der Waals surface area contributed by atoms with E-state index in [4.69, 9.17) is 9.47 Å². The lowest BCUT2D eigenvalue weighted by molar-refractivity contribution is 0.0310. The highest BCUT2D eigenvalue weighted by Crippen LogP contribution is 2.12. The largest absolute Gasteiger partial charge is 0.489 e. The van der Waals surface area contributed by atoms with Crippen molar-refractivity contribution in [3.63, 3.8) is 0 Å². The van der Waals surface area contributed by atoms with Crippen LogP contribution in [0.5, 0.6) is 5.75 Å². The number of benzene rings is 1. The van der Waals surface area contributed by atoms with Gasteiger partial charge in [0.1, 0.15) is 11.9 Å². The van der Waals surface area contributed by atoms with Gasteiger partial charge in [0, 0.05) is 13.7 Å². The average Bonchev–Trinajstić information content (AvgIpc) is 2.57. The normalized spacial score (nSPS) is 13.5. The Hall–Kier alpha value is -1.75. The number of nitrogens with one attached hydrogen (secondary N) is 2. The molecule has 0 aromatic heterocycles. The summed E-state index contributed by atoms with van der Waals surface area (Å²) in [4.78, 5) is 4.58. The maximum absolute atomic E-state index is 5.99. The molecule has 0 heterocycles. The number of aliphatic imine (C=N–C) groups is 1. The number of rotatable bonds is 9. The smallest absolute Gasteiger partial charge is 0.191 e. The molecule has 130 valence electrons. The summed E-state index contributed by atoms with van der Waals surface area (Å²) < 4.78 is 11.4. The summed E-state index contributed by atoms with van der Waals surface area (Å²) in [6.45, 7) is 10.3. The van der Waals surface area contributed by atoms with Crippen molar-refractivity contribution in [1.82, 2.24) is 10.6 Å². The van der Waals surface area contributed by atoms with E-state index in [0.29, 0.717) is 13.1 Å². The molecule has 1 unspecified atom stereocenters. The molecule has 1 aromatic carbocycles. The topological polar surface area (TPSA) is 54.9 Å². The van der Waals surface area contributed by atoms with Crippen LogP contribution in [0.4, 0.5) is 0 Å². The standard InChI is InChI=1S/C18H31N3O2/c1-6-15(23-16-11-9-8-10-12-16)13-20-17(19-7-2)21-14-18(3,4)22-5/h8-12,15H,6-7,13-14H2,1-5H3,(H2,19,20,21). The van der Waals surface area contributed by atoms with Crippen molar-refractivity contribution in [3.05, 3.63) is 30.3 Å². The summed E-state index contributed by atoms with van der Waals surface area (Å²) >= 11 is 0. The maximum Gasteiger partial charge on any atom is 0.191 e. The Bertz CT molecular complexity index is 461. The van der Waals surface area contributed by atoms with Gasteiger partial charge in [-0.05, 0) is 39.3 Å². The van der Waals surface area contributed by atoms with Crippen LogP contribution < -0.4 is 15.4 Å². The maximum atomic E-state index is 5.99. The lowest BCUT2D eigenvalue weighted by atomic mass is 10.1. The van der Waals surface area contributed by atoms with Crippen molar-refractivity contribution in [2.24, 2.45) is 4.99 Å². The van der Waals surface area contributed by atoms with Crippen LogP contribution in [0.1, 0.15) is 34.1 Å². The summed E-state index contributed by atoms with van der Waals surface area (Å²) in [7, 11) is 1.71. The first-order valence-corrected chi connectivity index (χ1v) is 8.29. The Kier molecular flexibility index (Phi) is 8.48. The third-order valence-corrected chi connectivity index (χ3v) is 3.51. The molecule has 2 N–H and O–H groups in total. The Morgan fingerprint density at radius 3 is 2.43 bits per heavy atom. The molecule has 0 radical (unpaired) electrons. The van der Waals surface area contributed by atoms with Crippen molar-refractivity contribution in [3.8, 4) is 5.75 Å². The van der Waals surface area contributed by atoms with E-state index in [1.165, 1.54) is 0 Å². The first-order chi connectivity index (χ1) is 11.0. The third-order valence-electron chi connectivity index (χ3n) is 3.51. The molecule has 0 bridgehead atoms. The minimum atomic E-state index is -0.271. The highest BCUT2D eigenvalue weighted by atomic mass is 16.5. The number of guanidine groups is 1. The molecule has 23 heavy (non-hydrogen) atoms. The van der Waals surface area contributed by atoms with Gasteiger partial charge < -0.3 is 20.1 Å². The molecule has 0 fully saturated rings. The predicted octanol–water partition coefficient (Wildman–Crippen LogP) is 2.82. The van der Waals surface area contributed by atoms with E-state index in [2.05, 4.69) is 29.5 Å². The second-order valence-electron chi connectivity index (χ2n) is 6.00. The van der Waals surface area contributed by atoms with Gasteiger partial charge in [0.25, 0.3) is 0 Å². The molecule has 5 heteroatoms. The Morgan fingerprint density at radius 2 is 1.87 bits per heavy atom. The van der Waals surface area contributed by atoms with Crippen molar-refractivity contribution >= 4 is 5.96 Å². The van der Waals surface area contributed by atoms with Crippen molar-refractivity contribution in [2.45, 2.75) is 45.8 Å². The fourth-order valence-corrected chi connectivity index (χ4v) is 1.85. The van der Waals surface area contributed by atoms with Gasteiger partial charge in [-0.1, -0.05) is 25.1 Å². The van der Waals surface area contributed by atoms with E-state index < -0.39 is 0 Å². The van der Waals surface area contributed by atoms with Crippen molar-refractivity contribution < 1.29 is 9.47 Å². The zero-order chi connectivity index (χ0) is 17.1. The molecule has 0 saturated heterocycles. The Morgan fingerprint density at radius 1 is 1.17 bits per heavy atom. The van der Waals surface area contributed by atoms with E-state index in [9.17, 15) is 0 Å². The lowest BCUT2D eigenvalue weighted by Crippen LogP contribution is -2.43. The van der Waals surface area contributed by atoms with Crippen LogP contribution in [-0.4, -0.2) is 44.4 Å². The van der Waals surface area contributed by atoms with Gasteiger partial charge in [0.05, 0.1) is 18.7 Å². The van der Waals surface area contributed by atoms with Crippen molar-refractivity contribution in [2.75, 3.05) is 26.7 Å². The molecule has 0 aliphatic rings. The van der Waals surface area contributed by atoms with Gasteiger partial charge >= 0.3 is 0 Å². The van der Waals surface area contributed by atoms with E-state index in [0.717, 1.165) is 24.7 Å². The van der Waals surface area contributed by atoms with Crippen LogP contribution in [-0.2, 0) is 4.74 Å². The molecule has 0 spiro atoms. The number of hydrogen-bond acceptors (Lipinski definition) is 3. The molecular formula is C18H31N3O2. The first kappa shape index (κ1) is 19.3. The molecule has 0 amide bonds. The number of ether oxygens (including phenoxy) is 2. The highest BCUT2D eigenvalue weighted by Gasteiger charge is 2.16.